The highest BCUT2D eigenvalue weighted by molar-refractivity contribution is 6.30. The van der Waals surface area contributed by atoms with Gasteiger partial charge in [-0.15, -0.1) is 12.4 Å². The van der Waals surface area contributed by atoms with Gasteiger partial charge >= 0.3 is 0 Å². The molecule has 7 heteroatoms. The molecular formula is C13H20Cl2N2O3. The number of halogens is 2. The highest BCUT2D eigenvalue weighted by Crippen LogP contribution is 2.30. The molecule has 0 saturated carbocycles. The zero-order valence-electron chi connectivity index (χ0n) is 11.5. The van der Waals surface area contributed by atoms with Crippen LogP contribution < -0.4 is 5.73 Å². The molecular weight excluding hydrogens is 303 g/mol. The molecule has 0 aliphatic carbocycles. The second kappa shape index (κ2) is 8.42. The van der Waals surface area contributed by atoms with Crippen LogP contribution in [0.3, 0.4) is 0 Å². The van der Waals surface area contributed by atoms with Crippen LogP contribution in [0.4, 0.5) is 5.69 Å². The van der Waals surface area contributed by atoms with Crippen LogP contribution in [0.15, 0.2) is 18.2 Å². The summed E-state index contributed by atoms with van der Waals surface area (Å²) in [6, 6.07) is 3.39. The molecule has 2 atom stereocenters. The maximum atomic E-state index is 11.0. The van der Waals surface area contributed by atoms with Crippen molar-refractivity contribution in [3.05, 3.63) is 38.9 Å². The van der Waals surface area contributed by atoms with Gasteiger partial charge in [0.15, 0.2) is 0 Å². The molecule has 20 heavy (non-hydrogen) atoms. The number of nitrogens with zero attached hydrogens (tertiary/aromatic N) is 1. The molecule has 0 aromatic heterocycles. The third-order valence-corrected chi connectivity index (χ3v) is 3.23. The van der Waals surface area contributed by atoms with Gasteiger partial charge in [0.25, 0.3) is 5.69 Å². The van der Waals surface area contributed by atoms with Crippen LogP contribution in [-0.2, 0) is 0 Å². The fourth-order valence-electron chi connectivity index (χ4n) is 1.85. The number of nitro benzene ring substituents is 1. The van der Waals surface area contributed by atoms with E-state index >= 15 is 0 Å². The predicted octanol–water partition coefficient (Wildman–Crippen LogP) is 3.47. The molecule has 5 nitrogen and oxygen atoms in total. The molecule has 0 radical (unpaired) electrons. The molecule has 114 valence electrons. The molecule has 0 spiro atoms. The first-order valence-electron chi connectivity index (χ1n) is 6.20. The molecule has 0 saturated heterocycles. The van der Waals surface area contributed by atoms with Crippen LogP contribution in [-0.4, -0.2) is 16.1 Å². The molecule has 3 N–H and O–H groups in total. The van der Waals surface area contributed by atoms with E-state index in [9.17, 15) is 15.2 Å². The number of aliphatic hydroxyl groups excluding tert-OH is 1. The first-order valence-corrected chi connectivity index (χ1v) is 6.58. The van der Waals surface area contributed by atoms with Gasteiger partial charge in [0.1, 0.15) is 0 Å². The van der Waals surface area contributed by atoms with Crippen LogP contribution >= 0.6 is 24.0 Å². The SMILES string of the molecule is CC(C)CC[C@H](O)[C@H](N)c1cc(Cl)ccc1[N+](=O)[O-].Cl. The van der Waals surface area contributed by atoms with Crippen molar-refractivity contribution in [2.24, 2.45) is 11.7 Å². The number of hydrogen-bond donors (Lipinski definition) is 2. The van der Waals surface area contributed by atoms with E-state index in [4.69, 9.17) is 17.3 Å². The van der Waals surface area contributed by atoms with E-state index in [1.54, 1.807) is 0 Å². The molecule has 0 bridgehead atoms. The van der Waals surface area contributed by atoms with Crippen molar-refractivity contribution in [1.82, 2.24) is 0 Å². The number of aliphatic hydroxyl groups is 1. The van der Waals surface area contributed by atoms with Crippen molar-refractivity contribution in [2.75, 3.05) is 0 Å². The Balaban J connectivity index is 0.00000361. The van der Waals surface area contributed by atoms with E-state index in [0.29, 0.717) is 17.4 Å². The Morgan fingerprint density at radius 1 is 1.40 bits per heavy atom. The van der Waals surface area contributed by atoms with Crippen LogP contribution in [0.2, 0.25) is 5.02 Å². The fourth-order valence-corrected chi connectivity index (χ4v) is 2.03. The maximum absolute atomic E-state index is 11.0. The topological polar surface area (TPSA) is 89.4 Å². The Kier molecular flexibility index (Phi) is 8.05. The zero-order chi connectivity index (χ0) is 14.6. The van der Waals surface area contributed by atoms with Gasteiger partial charge in [-0.3, -0.25) is 10.1 Å². The Hall–Kier alpha value is -0.880. The van der Waals surface area contributed by atoms with Crippen LogP contribution in [0.1, 0.15) is 38.3 Å². The number of rotatable bonds is 6. The molecule has 0 fully saturated rings. The van der Waals surface area contributed by atoms with Crippen molar-refractivity contribution in [3.8, 4) is 0 Å². The Morgan fingerprint density at radius 2 is 2.00 bits per heavy atom. The van der Waals surface area contributed by atoms with Gasteiger partial charge in [0.05, 0.1) is 22.6 Å². The summed E-state index contributed by atoms with van der Waals surface area (Å²) in [5.41, 5.74) is 6.08. The lowest BCUT2D eigenvalue weighted by atomic mass is 9.95. The molecule has 0 aliphatic heterocycles. The third kappa shape index (κ3) is 5.25. The lowest BCUT2D eigenvalue weighted by Gasteiger charge is -2.20. The number of nitrogens with two attached hydrogens (primary N) is 1. The summed E-state index contributed by atoms with van der Waals surface area (Å²) in [7, 11) is 0. The average Bonchev–Trinajstić information content (AvgIpc) is 2.34. The van der Waals surface area contributed by atoms with Gasteiger partial charge in [0.2, 0.25) is 0 Å². The zero-order valence-corrected chi connectivity index (χ0v) is 13.0. The monoisotopic (exact) mass is 322 g/mol. The normalized spacial score (nSPS) is 13.7. The summed E-state index contributed by atoms with van der Waals surface area (Å²) in [6.07, 6.45) is 0.491. The van der Waals surface area contributed by atoms with E-state index in [1.807, 2.05) is 13.8 Å². The van der Waals surface area contributed by atoms with Crippen molar-refractivity contribution in [1.29, 1.82) is 0 Å². The van der Waals surface area contributed by atoms with Crippen LogP contribution in [0.25, 0.3) is 0 Å². The van der Waals surface area contributed by atoms with Crippen molar-refractivity contribution in [2.45, 2.75) is 38.8 Å². The van der Waals surface area contributed by atoms with Gasteiger partial charge in [-0.05, 0) is 30.9 Å². The van der Waals surface area contributed by atoms with Gasteiger partial charge < -0.3 is 10.8 Å². The number of hydrogen-bond acceptors (Lipinski definition) is 4. The summed E-state index contributed by atoms with van der Waals surface area (Å²) in [6.45, 7) is 4.08. The number of benzene rings is 1. The summed E-state index contributed by atoms with van der Waals surface area (Å²) < 4.78 is 0. The van der Waals surface area contributed by atoms with E-state index in [0.717, 1.165) is 6.42 Å². The van der Waals surface area contributed by atoms with Gasteiger partial charge in [0, 0.05) is 11.1 Å². The van der Waals surface area contributed by atoms with Gasteiger partial charge in [-0.1, -0.05) is 25.4 Å². The first kappa shape index (κ1) is 19.1. The quantitative estimate of drug-likeness (QED) is 0.619. The van der Waals surface area contributed by atoms with E-state index in [1.165, 1.54) is 18.2 Å². The smallest absolute Gasteiger partial charge is 0.274 e. The maximum Gasteiger partial charge on any atom is 0.274 e. The summed E-state index contributed by atoms with van der Waals surface area (Å²) in [5, 5.41) is 21.3. The standard InChI is InChI=1S/C13H19ClN2O3.ClH/c1-8(2)3-6-12(17)13(15)10-7-9(14)4-5-11(10)16(18)19;/h4-5,7-8,12-13,17H,3,6,15H2,1-2H3;1H/t12-,13+;/m0./s1. The van der Waals surface area contributed by atoms with E-state index in [2.05, 4.69) is 0 Å². The minimum absolute atomic E-state index is 0. The van der Waals surface area contributed by atoms with Crippen LogP contribution in [0, 0.1) is 16.0 Å². The lowest BCUT2D eigenvalue weighted by Crippen LogP contribution is -2.27. The summed E-state index contributed by atoms with van der Waals surface area (Å²) in [5.74, 6) is 0.441. The molecule has 0 unspecified atom stereocenters. The summed E-state index contributed by atoms with van der Waals surface area (Å²) >= 11 is 5.84. The largest absolute Gasteiger partial charge is 0.391 e. The third-order valence-electron chi connectivity index (χ3n) is 3.00. The van der Waals surface area contributed by atoms with E-state index in [-0.39, 0.29) is 23.7 Å². The van der Waals surface area contributed by atoms with Gasteiger partial charge in [-0.2, -0.15) is 0 Å². The fraction of sp³-hybridized carbons (Fsp3) is 0.538. The molecule has 1 aromatic rings. The van der Waals surface area contributed by atoms with Crippen molar-refractivity contribution >= 4 is 29.7 Å². The lowest BCUT2D eigenvalue weighted by molar-refractivity contribution is -0.385. The average molecular weight is 323 g/mol. The first-order chi connectivity index (χ1) is 8.82. The second-order valence-corrected chi connectivity index (χ2v) is 5.46. The molecule has 0 aliphatic rings. The predicted molar refractivity (Wildman–Crippen MR) is 82.4 cm³/mol. The Bertz CT molecular complexity index is 455. The van der Waals surface area contributed by atoms with Crippen LogP contribution in [0.5, 0.6) is 0 Å². The molecule has 1 rings (SSSR count). The second-order valence-electron chi connectivity index (χ2n) is 5.02. The minimum atomic E-state index is -0.820. The highest BCUT2D eigenvalue weighted by atomic mass is 35.5. The van der Waals surface area contributed by atoms with E-state index < -0.39 is 17.1 Å². The number of nitro groups is 1. The Labute approximate surface area is 129 Å². The minimum Gasteiger partial charge on any atom is -0.391 e. The highest BCUT2D eigenvalue weighted by Gasteiger charge is 2.25. The van der Waals surface area contributed by atoms with Gasteiger partial charge in [-0.25, -0.2) is 0 Å². The van der Waals surface area contributed by atoms with Crippen molar-refractivity contribution < 1.29 is 10.0 Å². The molecule has 1 aromatic carbocycles. The summed E-state index contributed by atoms with van der Waals surface area (Å²) in [4.78, 5) is 10.4. The van der Waals surface area contributed by atoms with Crippen molar-refractivity contribution in [3.63, 3.8) is 0 Å². The molecule has 0 amide bonds. The Morgan fingerprint density at radius 3 is 2.50 bits per heavy atom. The molecule has 0 heterocycles.